The van der Waals surface area contributed by atoms with E-state index < -0.39 is 6.10 Å². The van der Waals surface area contributed by atoms with Crippen LogP contribution in [0.3, 0.4) is 0 Å². The summed E-state index contributed by atoms with van der Waals surface area (Å²) in [5, 5.41) is 17.7. The highest BCUT2D eigenvalue weighted by atomic mass is 32.1. The summed E-state index contributed by atoms with van der Waals surface area (Å²) < 4.78 is 0. The van der Waals surface area contributed by atoms with E-state index in [2.05, 4.69) is 10.6 Å². The zero-order valence-electron chi connectivity index (χ0n) is 13.6. The molecule has 128 valence electrons. The summed E-state index contributed by atoms with van der Waals surface area (Å²) in [5.41, 5.74) is 2.00. The normalized spacial score (nSPS) is 11.9. The first-order chi connectivity index (χ1) is 12.2. The van der Waals surface area contributed by atoms with Crippen molar-refractivity contribution in [2.75, 3.05) is 6.54 Å². The maximum atomic E-state index is 12.3. The van der Waals surface area contributed by atoms with Crippen LogP contribution in [-0.2, 0) is 0 Å². The molecule has 1 aromatic heterocycles. The highest BCUT2D eigenvalue weighted by Gasteiger charge is 2.17. The van der Waals surface area contributed by atoms with Gasteiger partial charge in [-0.05, 0) is 22.6 Å². The Hall–Kier alpha value is -2.63. The summed E-state index contributed by atoms with van der Waals surface area (Å²) >= 11 is 1.47. The summed E-state index contributed by atoms with van der Waals surface area (Å²) in [6.45, 7) is 0.169. The number of carbonyl (C=O) groups excluding carboxylic acids is 1. The Bertz CT molecular complexity index is 736. The molecule has 4 nitrogen and oxygen atoms in total. The smallest absolute Gasteiger partial charge is 0.315 e. The largest absolute Gasteiger partial charge is 0.386 e. The van der Waals surface area contributed by atoms with E-state index in [9.17, 15) is 9.90 Å². The number of rotatable bonds is 6. The molecule has 0 fully saturated rings. The molecular weight excluding hydrogens is 332 g/mol. The molecule has 2 aromatic carbocycles. The number of nitrogens with one attached hydrogen (secondary N) is 2. The van der Waals surface area contributed by atoms with Crippen LogP contribution >= 0.6 is 11.3 Å². The fraction of sp³-hybridized carbons (Fsp3) is 0.150. The van der Waals surface area contributed by atoms with Gasteiger partial charge in [0.1, 0.15) is 6.10 Å². The second-order valence-electron chi connectivity index (χ2n) is 5.64. The molecule has 0 spiro atoms. The number of thiophene rings is 1. The van der Waals surface area contributed by atoms with Crippen LogP contribution in [0.1, 0.15) is 28.1 Å². The van der Waals surface area contributed by atoms with Crippen molar-refractivity contribution in [3.05, 3.63) is 94.2 Å². The van der Waals surface area contributed by atoms with Gasteiger partial charge in [0.05, 0.1) is 12.6 Å². The topological polar surface area (TPSA) is 61.4 Å². The Balaban J connectivity index is 1.67. The Morgan fingerprint density at radius 1 is 0.920 bits per heavy atom. The minimum absolute atomic E-state index is 0.169. The number of aliphatic hydroxyl groups excluding tert-OH is 1. The minimum Gasteiger partial charge on any atom is -0.386 e. The zero-order valence-corrected chi connectivity index (χ0v) is 14.4. The van der Waals surface area contributed by atoms with Crippen LogP contribution in [0.15, 0.2) is 78.2 Å². The van der Waals surface area contributed by atoms with Gasteiger partial charge in [-0.25, -0.2) is 4.79 Å². The quantitative estimate of drug-likeness (QED) is 0.631. The van der Waals surface area contributed by atoms with Gasteiger partial charge in [0.2, 0.25) is 0 Å². The lowest BCUT2D eigenvalue weighted by Gasteiger charge is -2.20. The Labute approximate surface area is 151 Å². The third-order valence-electron chi connectivity index (χ3n) is 3.87. The molecule has 3 aromatic rings. The molecule has 25 heavy (non-hydrogen) atoms. The van der Waals surface area contributed by atoms with E-state index in [-0.39, 0.29) is 18.6 Å². The number of benzene rings is 2. The average molecular weight is 352 g/mol. The minimum atomic E-state index is -0.697. The second kappa shape index (κ2) is 8.46. The predicted octanol–water partition coefficient (Wildman–Crippen LogP) is 3.87. The molecule has 1 heterocycles. The Morgan fingerprint density at radius 3 is 2.04 bits per heavy atom. The predicted molar refractivity (Wildman–Crippen MR) is 101 cm³/mol. The molecule has 2 amide bonds. The lowest BCUT2D eigenvalue weighted by molar-refractivity contribution is 0.176. The number of hydrogen-bond acceptors (Lipinski definition) is 3. The maximum absolute atomic E-state index is 12.3. The molecule has 0 aliphatic rings. The van der Waals surface area contributed by atoms with Gasteiger partial charge >= 0.3 is 6.03 Å². The fourth-order valence-corrected chi connectivity index (χ4v) is 3.31. The summed E-state index contributed by atoms with van der Waals surface area (Å²) in [4.78, 5) is 13.2. The summed E-state index contributed by atoms with van der Waals surface area (Å²) in [6, 6.07) is 22.8. The summed E-state index contributed by atoms with van der Waals surface area (Å²) in [7, 11) is 0. The van der Waals surface area contributed by atoms with Gasteiger partial charge in [0.15, 0.2) is 0 Å². The molecule has 3 rings (SSSR count). The van der Waals surface area contributed by atoms with Gasteiger partial charge in [-0.3, -0.25) is 0 Å². The standard InChI is InChI=1S/C20H20N2O2S/c23-17(18-12-7-13-25-18)14-21-20(24)22-19(15-8-3-1-4-9-15)16-10-5-2-6-11-16/h1-13,17,19,23H,14H2,(H2,21,22,24). The van der Waals surface area contributed by atoms with Crippen LogP contribution in [0.2, 0.25) is 0 Å². The van der Waals surface area contributed by atoms with E-state index in [0.29, 0.717) is 0 Å². The molecule has 0 saturated heterocycles. The third-order valence-corrected chi connectivity index (χ3v) is 4.84. The van der Waals surface area contributed by atoms with Crippen molar-refractivity contribution in [2.45, 2.75) is 12.1 Å². The van der Waals surface area contributed by atoms with Gasteiger partial charge in [0.25, 0.3) is 0 Å². The first-order valence-electron chi connectivity index (χ1n) is 8.10. The van der Waals surface area contributed by atoms with E-state index in [1.54, 1.807) is 0 Å². The number of hydrogen-bond donors (Lipinski definition) is 3. The molecule has 3 N–H and O–H groups in total. The third kappa shape index (κ3) is 4.68. The van der Waals surface area contributed by atoms with Gasteiger partial charge in [-0.15, -0.1) is 11.3 Å². The van der Waals surface area contributed by atoms with Crippen molar-refractivity contribution in [3.8, 4) is 0 Å². The highest BCUT2D eigenvalue weighted by molar-refractivity contribution is 7.10. The number of carbonyl (C=O) groups is 1. The van der Waals surface area contributed by atoms with E-state index >= 15 is 0 Å². The average Bonchev–Trinajstić information content (AvgIpc) is 3.20. The lowest BCUT2D eigenvalue weighted by Crippen LogP contribution is -2.40. The van der Waals surface area contributed by atoms with Crippen molar-refractivity contribution < 1.29 is 9.90 Å². The molecule has 0 aliphatic heterocycles. The molecule has 0 aliphatic carbocycles. The SMILES string of the molecule is O=C(NCC(O)c1cccs1)NC(c1ccccc1)c1ccccc1. The van der Waals surface area contributed by atoms with Crippen molar-refractivity contribution in [1.82, 2.24) is 10.6 Å². The number of aliphatic hydroxyl groups is 1. The maximum Gasteiger partial charge on any atom is 0.315 e. The van der Waals surface area contributed by atoms with Crippen molar-refractivity contribution in [3.63, 3.8) is 0 Å². The van der Waals surface area contributed by atoms with Crippen molar-refractivity contribution in [1.29, 1.82) is 0 Å². The molecule has 1 unspecified atom stereocenters. The summed E-state index contributed by atoms with van der Waals surface area (Å²) in [5.74, 6) is 0. The van der Waals surface area contributed by atoms with Gasteiger partial charge in [-0.2, -0.15) is 0 Å². The van der Waals surface area contributed by atoms with Crippen LogP contribution in [0, 0.1) is 0 Å². The molecule has 1 atom stereocenters. The monoisotopic (exact) mass is 352 g/mol. The van der Waals surface area contributed by atoms with Crippen molar-refractivity contribution >= 4 is 17.4 Å². The fourth-order valence-electron chi connectivity index (χ4n) is 2.60. The zero-order chi connectivity index (χ0) is 17.5. The van der Waals surface area contributed by atoms with Gasteiger partial charge < -0.3 is 15.7 Å². The van der Waals surface area contributed by atoms with Gasteiger partial charge in [0, 0.05) is 4.88 Å². The van der Waals surface area contributed by atoms with Crippen molar-refractivity contribution in [2.24, 2.45) is 0 Å². The van der Waals surface area contributed by atoms with E-state index in [4.69, 9.17) is 0 Å². The van der Waals surface area contributed by atoms with Gasteiger partial charge in [-0.1, -0.05) is 66.7 Å². The molecule has 0 saturated carbocycles. The molecular formula is C20H20N2O2S. The van der Waals surface area contributed by atoms with Crippen LogP contribution in [0.25, 0.3) is 0 Å². The number of urea groups is 1. The van der Waals surface area contributed by atoms with Crippen LogP contribution in [0.4, 0.5) is 4.79 Å². The van der Waals surface area contributed by atoms with Crippen LogP contribution < -0.4 is 10.6 Å². The van der Waals surface area contributed by atoms with Crippen LogP contribution in [-0.4, -0.2) is 17.7 Å². The Morgan fingerprint density at radius 2 is 1.52 bits per heavy atom. The molecule has 5 heteroatoms. The van der Waals surface area contributed by atoms with E-state index in [1.807, 2.05) is 78.2 Å². The summed E-state index contributed by atoms with van der Waals surface area (Å²) in [6.07, 6.45) is -0.697. The lowest BCUT2D eigenvalue weighted by atomic mass is 9.99. The molecule has 0 bridgehead atoms. The van der Waals surface area contributed by atoms with E-state index in [1.165, 1.54) is 11.3 Å². The first-order valence-corrected chi connectivity index (χ1v) is 8.98. The van der Waals surface area contributed by atoms with E-state index in [0.717, 1.165) is 16.0 Å². The number of amides is 2. The first kappa shape index (κ1) is 17.2. The Kier molecular flexibility index (Phi) is 5.82. The second-order valence-corrected chi connectivity index (χ2v) is 6.62. The molecule has 0 radical (unpaired) electrons. The van der Waals surface area contributed by atoms with Crippen LogP contribution in [0.5, 0.6) is 0 Å². The highest BCUT2D eigenvalue weighted by Crippen LogP contribution is 2.22.